The zero-order valence-corrected chi connectivity index (χ0v) is 17.9. The lowest BCUT2D eigenvalue weighted by atomic mass is 9.73. The molecular weight excluding hydrogens is 386 g/mol. The Labute approximate surface area is 182 Å². The Bertz CT molecular complexity index is 1250. The lowest BCUT2D eigenvalue weighted by Gasteiger charge is -2.39. The molecule has 2 aromatic rings. The minimum Gasteiger partial charge on any atom is -0.497 e. The van der Waals surface area contributed by atoms with E-state index in [1.54, 1.807) is 13.2 Å². The molecule has 4 aliphatic rings. The van der Waals surface area contributed by atoms with Crippen LogP contribution in [0.15, 0.2) is 59.7 Å². The molecule has 0 N–H and O–H groups in total. The average Bonchev–Trinajstić information content (AvgIpc) is 3.23. The highest BCUT2D eigenvalue weighted by Crippen LogP contribution is 2.57. The average molecular weight is 412 g/mol. The number of ether oxygens (including phenoxy) is 2. The van der Waals surface area contributed by atoms with E-state index in [4.69, 9.17) is 9.47 Å². The summed E-state index contributed by atoms with van der Waals surface area (Å²) in [5.41, 5.74) is 2.26. The van der Waals surface area contributed by atoms with Crippen molar-refractivity contribution < 1.29 is 14.3 Å². The largest absolute Gasteiger partial charge is 0.497 e. The van der Waals surface area contributed by atoms with Crippen LogP contribution >= 0.6 is 0 Å². The van der Waals surface area contributed by atoms with Crippen LogP contribution < -0.4 is 4.74 Å². The molecule has 0 amide bonds. The van der Waals surface area contributed by atoms with Gasteiger partial charge in [-0.15, -0.1) is 0 Å². The summed E-state index contributed by atoms with van der Waals surface area (Å²) >= 11 is 0. The number of rotatable bonds is 1. The molecule has 2 fully saturated rings. The SMILES string of the molecule is COc1ccc2cc(C#CC3=C[C@]4(C)C[C@@]5(OC(=O)C=C35)[C@H]3CCCCN34)ccc2c1. The Balaban J connectivity index is 1.41. The van der Waals surface area contributed by atoms with Gasteiger partial charge in [0, 0.05) is 34.7 Å². The highest BCUT2D eigenvalue weighted by Gasteiger charge is 2.65. The Kier molecular flexibility index (Phi) is 3.91. The molecule has 2 aromatic carbocycles. The van der Waals surface area contributed by atoms with Crippen molar-refractivity contribution in [2.75, 3.05) is 13.7 Å². The first kappa shape index (κ1) is 18.7. The number of esters is 1. The Morgan fingerprint density at radius 3 is 2.84 bits per heavy atom. The van der Waals surface area contributed by atoms with Crippen LogP contribution in [0.25, 0.3) is 10.8 Å². The van der Waals surface area contributed by atoms with Crippen molar-refractivity contribution in [2.45, 2.75) is 49.8 Å². The minimum atomic E-state index is -0.523. The molecule has 3 heterocycles. The predicted molar refractivity (Wildman–Crippen MR) is 120 cm³/mol. The maximum atomic E-state index is 12.4. The Hall–Kier alpha value is -3.03. The molecular formula is C27H25NO3. The van der Waals surface area contributed by atoms with Crippen LogP contribution in [0.3, 0.4) is 0 Å². The lowest BCUT2D eigenvalue weighted by Crippen LogP contribution is -2.49. The fourth-order valence-corrected chi connectivity index (χ4v) is 6.16. The minimum absolute atomic E-state index is 0.114. The van der Waals surface area contributed by atoms with Crippen LogP contribution in [0.1, 0.15) is 38.2 Å². The van der Waals surface area contributed by atoms with Gasteiger partial charge in [0.25, 0.3) is 0 Å². The van der Waals surface area contributed by atoms with Crippen molar-refractivity contribution in [3.63, 3.8) is 0 Å². The molecule has 0 aromatic heterocycles. The van der Waals surface area contributed by atoms with Gasteiger partial charge < -0.3 is 9.47 Å². The van der Waals surface area contributed by atoms with E-state index in [1.807, 2.05) is 18.2 Å². The quantitative estimate of drug-likeness (QED) is 0.516. The van der Waals surface area contributed by atoms with E-state index in [1.165, 1.54) is 12.8 Å². The summed E-state index contributed by atoms with van der Waals surface area (Å²) < 4.78 is 11.4. The van der Waals surface area contributed by atoms with Gasteiger partial charge in [-0.3, -0.25) is 4.90 Å². The number of methoxy groups -OCH3 is 1. The van der Waals surface area contributed by atoms with Crippen molar-refractivity contribution in [3.8, 4) is 17.6 Å². The third-order valence-corrected chi connectivity index (χ3v) is 7.45. The molecule has 2 bridgehead atoms. The van der Waals surface area contributed by atoms with Gasteiger partial charge >= 0.3 is 5.97 Å². The van der Waals surface area contributed by atoms with E-state index in [2.05, 4.69) is 47.9 Å². The molecule has 0 unspecified atom stereocenters. The fourth-order valence-electron chi connectivity index (χ4n) is 6.16. The molecule has 3 atom stereocenters. The molecule has 3 aliphatic heterocycles. The van der Waals surface area contributed by atoms with Gasteiger partial charge in [0.1, 0.15) is 5.75 Å². The second kappa shape index (κ2) is 6.48. The molecule has 1 spiro atoms. The van der Waals surface area contributed by atoms with Gasteiger partial charge in [0.15, 0.2) is 5.60 Å². The summed E-state index contributed by atoms with van der Waals surface area (Å²) in [6.45, 7) is 3.33. The maximum Gasteiger partial charge on any atom is 0.332 e. The van der Waals surface area contributed by atoms with Crippen LogP contribution in [0.2, 0.25) is 0 Å². The first-order valence-corrected chi connectivity index (χ1v) is 11.1. The maximum absolute atomic E-state index is 12.4. The number of benzene rings is 2. The van der Waals surface area contributed by atoms with E-state index >= 15 is 0 Å². The predicted octanol–water partition coefficient (Wildman–Crippen LogP) is 4.38. The molecule has 6 rings (SSSR count). The van der Waals surface area contributed by atoms with Gasteiger partial charge in [-0.25, -0.2) is 4.79 Å². The molecule has 0 radical (unpaired) electrons. The first-order chi connectivity index (χ1) is 15.0. The summed E-state index contributed by atoms with van der Waals surface area (Å²) in [5, 5.41) is 2.25. The normalized spacial score (nSPS) is 31.2. The number of hydrogen-bond donors (Lipinski definition) is 0. The van der Waals surface area contributed by atoms with Gasteiger partial charge in [0.05, 0.1) is 13.2 Å². The standard InChI is InChI=1S/C27H25NO3/c1-26-16-21(9-7-18-6-8-20-14-22(30-2)11-10-19(20)13-18)23-15-25(29)31-27(23,17-26)24-5-3-4-12-28(24)26/h6,8,10-11,13-16,24H,3-5,12,17H2,1-2H3/t24-,26-,27+/m1/s1. The number of carbonyl (C=O) groups is 1. The van der Waals surface area contributed by atoms with Crippen LogP contribution in [-0.2, 0) is 9.53 Å². The molecule has 2 saturated heterocycles. The number of piperidine rings is 1. The van der Waals surface area contributed by atoms with Crippen molar-refractivity contribution in [1.29, 1.82) is 0 Å². The third-order valence-electron chi connectivity index (χ3n) is 7.45. The highest BCUT2D eigenvalue weighted by atomic mass is 16.6. The molecule has 1 aliphatic carbocycles. The van der Waals surface area contributed by atoms with Crippen molar-refractivity contribution in [2.24, 2.45) is 0 Å². The highest BCUT2D eigenvalue weighted by molar-refractivity contribution is 5.90. The zero-order chi connectivity index (χ0) is 21.2. The molecule has 0 saturated carbocycles. The van der Waals surface area contributed by atoms with Gasteiger partial charge in [0.2, 0.25) is 0 Å². The fraction of sp³-hybridized carbons (Fsp3) is 0.370. The monoisotopic (exact) mass is 411 g/mol. The van der Waals surface area contributed by atoms with Crippen LogP contribution in [0.5, 0.6) is 5.75 Å². The summed E-state index contributed by atoms with van der Waals surface area (Å²) in [7, 11) is 1.68. The van der Waals surface area contributed by atoms with Crippen molar-refractivity contribution >= 4 is 16.7 Å². The van der Waals surface area contributed by atoms with Gasteiger partial charge in [-0.05, 0) is 67.4 Å². The molecule has 156 valence electrons. The first-order valence-electron chi connectivity index (χ1n) is 11.1. The molecule has 4 heteroatoms. The van der Waals surface area contributed by atoms with E-state index in [-0.39, 0.29) is 17.6 Å². The van der Waals surface area contributed by atoms with E-state index in [0.29, 0.717) is 0 Å². The number of nitrogens with zero attached hydrogens (tertiary/aromatic N) is 1. The topological polar surface area (TPSA) is 38.8 Å². The second-order valence-electron chi connectivity index (χ2n) is 9.34. The summed E-state index contributed by atoms with van der Waals surface area (Å²) in [6.07, 6.45) is 8.26. The van der Waals surface area contributed by atoms with Crippen LogP contribution in [-0.4, -0.2) is 41.7 Å². The summed E-state index contributed by atoms with van der Waals surface area (Å²) in [4.78, 5) is 14.9. The van der Waals surface area contributed by atoms with Crippen LogP contribution in [0, 0.1) is 11.8 Å². The van der Waals surface area contributed by atoms with Crippen molar-refractivity contribution in [1.82, 2.24) is 4.90 Å². The number of hydrogen-bond acceptors (Lipinski definition) is 4. The van der Waals surface area contributed by atoms with Gasteiger partial charge in [-0.2, -0.15) is 0 Å². The second-order valence-corrected chi connectivity index (χ2v) is 9.34. The van der Waals surface area contributed by atoms with Gasteiger partial charge in [-0.1, -0.05) is 30.4 Å². The Morgan fingerprint density at radius 1 is 1.13 bits per heavy atom. The summed E-state index contributed by atoms with van der Waals surface area (Å²) in [5.74, 6) is 7.38. The Morgan fingerprint density at radius 2 is 1.97 bits per heavy atom. The molecule has 31 heavy (non-hydrogen) atoms. The summed E-state index contributed by atoms with van der Waals surface area (Å²) in [6, 6.07) is 12.5. The zero-order valence-electron chi connectivity index (χ0n) is 17.9. The number of fused-ring (bicyclic) bond motifs is 4. The smallest absolute Gasteiger partial charge is 0.332 e. The van der Waals surface area contributed by atoms with E-state index in [9.17, 15) is 4.79 Å². The molecule has 4 nitrogen and oxygen atoms in total. The van der Waals surface area contributed by atoms with E-state index in [0.717, 1.165) is 52.6 Å². The van der Waals surface area contributed by atoms with Crippen LogP contribution in [0.4, 0.5) is 0 Å². The number of carbonyl (C=O) groups excluding carboxylic acids is 1. The van der Waals surface area contributed by atoms with E-state index < -0.39 is 5.60 Å². The third kappa shape index (κ3) is 2.70. The van der Waals surface area contributed by atoms with Crippen molar-refractivity contribution in [3.05, 3.63) is 65.3 Å². The lowest BCUT2D eigenvalue weighted by molar-refractivity contribution is -0.148.